The molecule has 0 spiro atoms. The molecular formula is C21H25N3. The number of fused-ring (bicyclic) bond motifs is 1. The Morgan fingerprint density at radius 3 is 2.75 bits per heavy atom. The Bertz CT molecular complexity index is 926. The van der Waals surface area contributed by atoms with Gasteiger partial charge in [-0.3, -0.25) is 0 Å². The third-order valence-electron chi connectivity index (χ3n) is 4.88. The van der Waals surface area contributed by atoms with Crippen molar-refractivity contribution in [1.29, 1.82) is 0 Å². The Hall–Kier alpha value is -2.29. The first-order valence-corrected chi connectivity index (χ1v) is 8.97. The van der Waals surface area contributed by atoms with Gasteiger partial charge in [0.2, 0.25) is 0 Å². The number of aryl methyl sites for hydroxylation is 2. The van der Waals surface area contributed by atoms with Crippen molar-refractivity contribution in [3.8, 4) is 0 Å². The molecule has 4 rings (SSSR count). The van der Waals surface area contributed by atoms with Crippen LogP contribution in [0.5, 0.6) is 0 Å². The molecule has 124 valence electrons. The van der Waals surface area contributed by atoms with Crippen molar-refractivity contribution in [1.82, 2.24) is 10.3 Å². The highest BCUT2D eigenvalue weighted by Gasteiger charge is 2.24. The minimum atomic E-state index is 0.654. The highest BCUT2D eigenvalue weighted by atomic mass is 15.0. The molecular weight excluding hydrogens is 294 g/mol. The molecule has 2 aliphatic rings. The zero-order valence-corrected chi connectivity index (χ0v) is 14.7. The molecule has 2 N–H and O–H groups in total. The zero-order chi connectivity index (χ0) is 16.7. The summed E-state index contributed by atoms with van der Waals surface area (Å²) in [6.45, 7) is 6.48. The van der Waals surface area contributed by atoms with Crippen molar-refractivity contribution in [2.75, 3.05) is 0 Å². The SMILES string of the molecule is CCC1=C(c2cccc(C)c2)N=c2[nH]c(C)cc2=C(NC2CC2)C1. The number of benzene rings is 1. The van der Waals surface area contributed by atoms with Gasteiger partial charge in [-0.25, -0.2) is 4.99 Å². The van der Waals surface area contributed by atoms with Gasteiger partial charge in [-0.1, -0.05) is 30.7 Å². The molecule has 0 atom stereocenters. The third kappa shape index (κ3) is 2.91. The number of hydrogen-bond acceptors (Lipinski definition) is 2. The number of rotatable bonds is 4. The van der Waals surface area contributed by atoms with Crippen LogP contribution in [-0.2, 0) is 0 Å². The Kier molecular flexibility index (Phi) is 3.79. The molecule has 0 saturated heterocycles. The van der Waals surface area contributed by atoms with Gasteiger partial charge >= 0.3 is 0 Å². The lowest BCUT2D eigenvalue weighted by Crippen LogP contribution is -2.31. The number of aromatic amines is 1. The van der Waals surface area contributed by atoms with Crippen molar-refractivity contribution in [2.24, 2.45) is 4.99 Å². The molecule has 1 aromatic heterocycles. The van der Waals surface area contributed by atoms with Crippen LogP contribution in [0.4, 0.5) is 0 Å². The van der Waals surface area contributed by atoms with E-state index >= 15 is 0 Å². The number of aromatic nitrogens is 1. The molecule has 0 unspecified atom stereocenters. The number of nitrogens with one attached hydrogen (secondary N) is 2. The van der Waals surface area contributed by atoms with Gasteiger partial charge in [-0.05, 0) is 50.8 Å². The summed E-state index contributed by atoms with van der Waals surface area (Å²) in [6, 6.07) is 11.6. The third-order valence-corrected chi connectivity index (χ3v) is 4.88. The van der Waals surface area contributed by atoms with Gasteiger partial charge in [0.05, 0.1) is 5.70 Å². The van der Waals surface area contributed by atoms with E-state index in [1.54, 1.807) is 0 Å². The minimum absolute atomic E-state index is 0.654. The molecule has 1 aliphatic heterocycles. The van der Waals surface area contributed by atoms with Crippen molar-refractivity contribution >= 4 is 11.4 Å². The van der Waals surface area contributed by atoms with Crippen molar-refractivity contribution in [3.63, 3.8) is 0 Å². The predicted molar refractivity (Wildman–Crippen MR) is 98.9 cm³/mol. The van der Waals surface area contributed by atoms with E-state index in [1.165, 1.54) is 46.2 Å². The Labute approximate surface area is 143 Å². The van der Waals surface area contributed by atoms with E-state index in [9.17, 15) is 0 Å². The molecule has 0 amide bonds. The lowest BCUT2D eigenvalue weighted by Gasteiger charge is -2.13. The van der Waals surface area contributed by atoms with E-state index in [1.807, 2.05) is 0 Å². The molecule has 2 heterocycles. The van der Waals surface area contributed by atoms with Crippen LogP contribution in [0, 0.1) is 13.8 Å². The normalized spacial score (nSPS) is 17.4. The zero-order valence-electron chi connectivity index (χ0n) is 14.7. The molecule has 24 heavy (non-hydrogen) atoms. The van der Waals surface area contributed by atoms with Crippen molar-refractivity contribution in [2.45, 2.75) is 52.5 Å². The minimum Gasteiger partial charge on any atom is -0.385 e. The largest absolute Gasteiger partial charge is 0.385 e. The summed E-state index contributed by atoms with van der Waals surface area (Å²) in [5.41, 5.74) is 8.54. The van der Waals surface area contributed by atoms with Gasteiger partial charge in [-0.2, -0.15) is 0 Å². The summed E-state index contributed by atoms with van der Waals surface area (Å²) < 4.78 is 0. The summed E-state index contributed by atoms with van der Waals surface area (Å²) in [7, 11) is 0. The average Bonchev–Trinajstić information content (AvgIpc) is 3.32. The fourth-order valence-electron chi connectivity index (χ4n) is 3.43. The Morgan fingerprint density at radius 2 is 2.04 bits per heavy atom. The first-order valence-electron chi connectivity index (χ1n) is 8.97. The van der Waals surface area contributed by atoms with Crippen molar-refractivity contribution in [3.05, 3.63) is 63.4 Å². The lowest BCUT2D eigenvalue weighted by molar-refractivity contribution is 0.840. The summed E-state index contributed by atoms with van der Waals surface area (Å²) in [6.07, 6.45) is 4.56. The molecule has 3 heteroatoms. The highest BCUT2D eigenvalue weighted by molar-refractivity contribution is 5.71. The molecule has 1 aliphatic carbocycles. The van der Waals surface area contributed by atoms with Crippen LogP contribution in [0.2, 0.25) is 0 Å². The standard InChI is InChI=1S/C21H25N3/c1-4-15-12-19(23-17-8-9-17)18-11-14(3)22-21(18)24-20(15)16-7-5-6-13(2)10-16/h5-7,10-11,17,23H,4,8-9,12H2,1-3H3,(H,22,24). The first-order chi connectivity index (χ1) is 11.6. The van der Waals surface area contributed by atoms with Crippen molar-refractivity contribution < 1.29 is 0 Å². The fraction of sp³-hybridized carbons (Fsp3) is 0.381. The maximum Gasteiger partial charge on any atom is 0.139 e. The van der Waals surface area contributed by atoms with Crippen LogP contribution in [0.1, 0.15) is 49.4 Å². The molecule has 1 saturated carbocycles. The lowest BCUT2D eigenvalue weighted by atomic mass is 9.99. The summed E-state index contributed by atoms with van der Waals surface area (Å²) >= 11 is 0. The molecule has 0 bridgehead atoms. The van der Waals surface area contributed by atoms with Gasteiger partial charge in [-0.15, -0.1) is 0 Å². The summed E-state index contributed by atoms with van der Waals surface area (Å²) in [4.78, 5) is 8.52. The van der Waals surface area contributed by atoms with Gasteiger partial charge in [0.1, 0.15) is 5.49 Å². The van der Waals surface area contributed by atoms with E-state index in [2.05, 4.69) is 61.4 Å². The van der Waals surface area contributed by atoms with Crippen LogP contribution < -0.4 is 16.0 Å². The van der Waals surface area contributed by atoms with Gasteiger partial charge in [0.15, 0.2) is 0 Å². The van der Waals surface area contributed by atoms with Gasteiger partial charge in [0.25, 0.3) is 0 Å². The van der Waals surface area contributed by atoms with Crippen LogP contribution in [-0.4, -0.2) is 11.0 Å². The average molecular weight is 319 g/mol. The summed E-state index contributed by atoms with van der Waals surface area (Å²) in [5, 5.41) is 5.00. The van der Waals surface area contributed by atoms with Gasteiger partial charge in [0, 0.05) is 34.6 Å². The molecule has 1 aromatic carbocycles. The fourth-order valence-corrected chi connectivity index (χ4v) is 3.43. The second kappa shape index (κ2) is 5.97. The quantitative estimate of drug-likeness (QED) is 0.891. The number of H-pyrrole nitrogens is 1. The van der Waals surface area contributed by atoms with Crippen LogP contribution >= 0.6 is 0 Å². The maximum atomic E-state index is 5.06. The number of nitrogens with zero attached hydrogens (tertiary/aromatic N) is 1. The van der Waals surface area contributed by atoms with E-state index < -0.39 is 0 Å². The van der Waals surface area contributed by atoms with E-state index in [-0.39, 0.29) is 0 Å². The topological polar surface area (TPSA) is 40.2 Å². The molecule has 1 fully saturated rings. The maximum absolute atomic E-state index is 5.06. The second-order valence-electron chi connectivity index (χ2n) is 7.08. The Morgan fingerprint density at radius 1 is 1.21 bits per heavy atom. The first kappa shape index (κ1) is 15.3. The second-order valence-corrected chi connectivity index (χ2v) is 7.08. The number of hydrogen-bond donors (Lipinski definition) is 2. The molecule has 3 nitrogen and oxygen atoms in total. The monoisotopic (exact) mass is 319 g/mol. The van der Waals surface area contributed by atoms with E-state index in [0.717, 1.165) is 24.0 Å². The van der Waals surface area contributed by atoms with Gasteiger partial charge < -0.3 is 10.3 Å². The highest BCUT2D eigenvalue weighted by Crippen LogP contribution is 2.29. The van der Waals surface area contributed by atoms with Crippen LogP contribution in [0.3, 0.4) is 0 Å². The predicted octanol–water partition coefficient (Wildman–Crippen LogP) is 3.34. The molecule has 2 aromatic rings. The van der Waals surface area contributed by atoms with E-state index in [0.29, 0.717) is 6.04 Å². The van der Waals surface area contributed by atoms with Crippen LogP contribution in [0.15, 0.2) is 40.9 Å². The van der Waals surface area contributed by atoms with Crippen LogP contribution in [0.25, 0.3) is 11.4 Å². The van der Waals surface area contributed by atoms with E-state index in [4.69, 9.17) is 4.99 Å². The Balaban J connectivity index is 1.90. The summed E-state index contributed by atoms with van der Waals surface area (Å²) in [5.74, 6) is 0. The molecule has 0 radical (unpaired) electrons. The smallest absolute Gasteiger partial charge is 0.139 e.